The van der Waals surface area contributed by atoms with Crippen molar-refractivity contribution in [1.29, 1.82) is 0 Å². The minimum atomic E-state index is -0.0710. The molecule has 1 aliphatic carbocycles. The second kappa shape index (κ2) is 6.24. The number of benzene rings is 2. The van der Waals surface area contributed by atoms with Crippen molar-refractivity contribution < 1.29 is 14.3 Å². The van der Waals surface area contributed by atoms with E-state index in [4.69, 9.17) is 4.74 Å². The van der Waals surface area contributed by atoms with E-state index in [1.54, 1.807) is 13.2 Å². The van der Waals surface area contributed by atoms with E-state index in [2.05, 4.69) is 5.32 Å². The number of ether oxygens (including phenoxy) is 1. The van der Waals surface area contributed by atoms with Gasteiger partial charge in [0.15, 0.2) is 5.78 Å². The molecule has 118 valence electrons. The maximum atomic E-state index is 12.9. The number of nitrogens with one attached hydrogen (secondary N) is 1. The zero-order chi connectivity index (χ0) is 16.4. The normalized spacial score (nSPS) is 16.1. The first-order valence-corrected chi connectivity index (χ1v) is 7.65. The Labute approximate surface area is 135 Å². The van der Waals surface area contributed by atoms with Gasteiger partial charge in [-0.15, -0.1) is 0 Å². The van der Waals surface area contributed by atoms with E-state index >= 15 is 0 Å². The lowest BCUT2D eigenvalue weighted by molar-refractivity contribution is -0.119. The summed E-state index contributed by atoms with van der Waals surface area (Å²) in [6.07, 6.45) is 0.711. The van der Waals surface area contributed by atoms with E-state index in [0.29, 0.717) is 18.5 Å². The van der Waals surface area contributed by atoms with Crippen LogP contribution in [0.5, 0.6) is 5.75 Å². The predicted molar refractivity (Wildman–Crippen MR) is 88.0 cm³/mol. The molecule has 1 aliphatic rings. The second-order valence-electron chi connectivity index (χ2n) is 5.78. The smallest absolute Gasteiger partial charge is 0.216 e. The zero-order valence-corrected chi connectivity index (χ0v) is 13.3. The Kier molecular flexibility index (Phi) is 4.15. The molecule has 0 saturated heterocycles. The Morgan fingerprint density at radius 1 is 1.22 bits per heavy atom. The molecule has 0 fully saturated rings. The highest BCUT2D eigenvalue weighted by molar-refractivity contribution is 6.11. The van der Waals surface area contributed by atoms with E-state index in [1.165, 1.54) is 6.92 Å². The Morgan fingerprint density at radius 3 is 2.74 bits per heavy atom. The maximum absolute atomic E-state index is 12.9. The van der Waals surface area contributed by atoms with Gasteiger partial charge in [-0.25, -0.2) is 0 Å². The first-order chi connectivity index (χ1) is 11.1. The second-order valence-corrected chi connectivity index (χ2v) is 5.78. The van der Waals surface area contributed by atoms with Crippen molar-refractivity contribution in [3.63, 3.8) is 0 Å². The lowest BCUT2D eigenvalue weighted by Gasteiger charge is -2.18. The third-order valence-electron chi connectivity index (χ3n) is 4.27. The quantitative estimate of drug-likeness (QED) is 0.948. The maximum Gasteiger partial charge on any atom is 0.216 e. The van der Waals surface area contributed by atoms with Crippen LogP contribution >= 0.6 is 0 Å². The summed E-state index contributed by atoms with van der Waals surface area (Å²) in [5.41, 5.74) is 3.37. The van der Waals surface area contributed by atoms with Gasteiger partial charge in [-0.2, -0.15) is 0 Å². The molecule has 23 heavy (non-hydrogen) atoms. The molecular weight excluding hydrogens is 290 g/mol. The fraction of sp³-hybridized carbons (Fsp3) is 0.263. The summed E-state index contributed by atoms with van der Waals surface area (Å²) in [6.45, 7) is 2.00. The molecule has 1 atom stereocenters. The van der Waals surface area contributed by atoms with E-state index in [1.807, 2.05) is 36.4 Å². The molecule has 1 unspecified atom stereocenters. The molecular formula is C19H19NO3. The van der Waals surface area contributed by atoms with Crippen LogP contribution in [0.4, 0.5) is 0 Å². The molecule has 0 saturated carbocycles. The zero-order valence-electron chi connectivity index (χ0n) is 13.3. The average Bonchev–Trinajstić information content (AvgIpc) is 2.68. The lowest BCUT2D eigenvalue weighted by Crippen LogP contribution is -2.27. The summed E-state index contributed by atoms with van der Waals surface area (Å²) in [5.74, 6) is 0.716. The summed E-state index contributed by atoms with van der Waals surface area (Å²) < 4.78 is 5.31. The average molecular weight is 309 g/mol. The van der Waals surface area contributed by atoms with Crippen LogP contribution < -0.4 is 10.1 Å². The fourth-order valence-corrected chi connectivity index (χ4v) is 3.10. The van der Waals surface area contributed by atoms with Crippen LogP contribution in [0.15, 0.2) is 42.5 Å². The Hall–Kier alpha value is -2.62. The molecule has 3 rings (SSSR count). The standard InChI is InChI=1S/C19H19NO3/c1-12(21)20-11-14-9-13-5-3-4-6-16(13)19(22)17-8-7-15(23-2)10-18(14)17/h3-8,10,14H,9,11H2,1-2H3,(H,20,21). The number of hydrogen-bond acceptors (Lipinski definition) is 3. The summed E-state index contributed by atoms with van der Waals surface area (Å²) in [5, 5.41) is 2.88. The van der Waals surface area contributed by atoms with Crippen LogP contribution in [-0.4, -0.2) is 25.3 Å². The topological polar surface area (TPSA) is 55.4 Å². The van der Waals surface area contributed by atoms with E-state index < -0.39 is 0 Å². The number of methoxy groups -OCH3 is 1. The van der Waals surface area contributed by atoms with Crippen LogP contribution in [0.3, 0.4) is 0 Å². The van der Waals surface area contributed by atoms with Gasteiger partial charge in [0.25, 0.3) is 0 Å². The third kappa shape index (κ3) is 2.97. The molecule has 0 aromatic heterocycles. The number of fused-ring (bicyclic) bond motifs is 2. The minimum Gasteiger partial charge on any atom is -0.497 e. The van der Waals surface area contributed by atoms with Gasteiger partial charge >= 0.3 is 0 Å². The van der Waals surface area contributed by atoms with Gasteiger partial charge in [-0.3, -0.25) is 9.59 Å². The molecule has 4 heteroatoms. The molecule has 1 N–H and O–H groups in total. The fourth-order valence-electron chi connectivity index (χ4n) is 3.10. The van der Waals surface area contributed by atoms with Gasteiger partial charge in [0.05, 0.1) is 7.11 Å². The monoisotopic (exact) mass is 309 g/mol. The van der Waals surface area contributed by atoms with Crippen LogP contribution in [0, 0.1) is 0 Å². The van der Waals surface area contributed by atoms with Gasteiger partial charge < -0.3 is 10.1 Å². The molecule has 4 nitrogen and oxygen atoms in total. The van der Waals surface area contributed by atoms with E-state index in [9.17, 15) is 9.59 Å². The van der Waals surface area contributed by atoms with Gasteiger partial charge in [-0.05, 0) is 35.7 Å². The largest absolute Gasteiger partial charge is 0.497 e. The number of amides is 1. The SMILES string of the molecule is COc1ccc2c(c1)C(CNC(C)=O)Cc1ccccc1C2=O. The number of rotatable bonds is 3. The molecule has 1 amide bonds. The number of carbonyl (C=O) groups excluding carboxylic acids is 2. The van der Waals surface area contributed by atoms with Crippen LogP contribution in [0.2, 0.25) is 0 Å². The van der Waals surface area contributed by atoms with Crippen LogP contribution in [-0.2, 0) is 11.2 Å². The van der Waals surface area contributed by atoms with Crippen molar-refractivity contribution in [2.75, 3.05) is 13.7 Å². The summed E-state index contributed by atoms with van der Waals surface area (Å²) >= 11 is 0. The summed E-state index contributed by atoms with van der Waals surface area (Å²) in [4.78, 5) is 24.2. The molecule has 2 aromatic rings. The van der Waals surface area contributed by atoms with Gasteiger partial charge in [-0.1, -0.05) is 24.3 Å². The Morgan fingerprint density at radius 2 is 2.00 bits per heavy atom. The van der Waals surface area contributed by atoms with E-state index in [0.717, 1.165) is 22.4 Å². The Bertz CT molecular complexity index is 767. The van der Waals surface area contributed by atoms with Gasteiger partial charge in [0, 0.05) is 30.5 Å². The van der Waals surface area contributed by atoms with E-state index in [-0.39, 0.29) is 17.6 Å². The van der Waals surface area contributed by atoms with Gasteiger partial charge in [0.1, 0.15) is 5.75 Å². The van der Waals surface area contributed by atoms with Crippen molar-refractivity contribution in [2.24, 2.45) is 0 Å². The van der Waals surface area contributed by atoms with Crippen molar-refractivity contribution in [3.05, 3.63) is 64.7 Å². The van der Waals surface area contributed by atoms with Crippen molar-refractivity contribution in [3.8, 4) is 5.75 Å². The van der Waals surface area contributed by atoms with Gasteiger partial charge in [0.2, 0.25) is 5.91 Å². The molecule has 0 radical (unpaired) electrons. The van der Waals surface area contributed by atoms with Crippen molar-refractivity contribution in [1.82, 2.24) is 5.32 Å². The van der Waals surface area contributed by atoms with Crippen LogP contribution in [0.25, 0.3) is 0 Å². The number of carbonyl (C=O) groups is 2. The van der Waals surface area contributed by atoms with Crippen LogP contribution in [0.1, 0.15) is 39.9 Å². The highest BCUT2D eigenvalue weighted by Gasteiger charge is 2.27. The van der Waals surface area contributed by atoms with Crippen molar-refractivity contribution in [2.45, 2.75) is 19.3 Å². The first-order valence-electron chi connectivity index (χ1n) is 7.65. The minimum absolute atomic E-state index is 0.0311. The van der Waals surface area contributed by atoms with Crippen molar-refractivity contribution >= 4 is 11.7 Å². The Balaban J connectivity index is 2.11. The summed E-state index contributed by atoms with van der Waals surface area (Å²) in [6, 6.07) is 13.2. The third-order valence-corrected chi connectivity index (χ3v) is 4.27. The summed E-state index contributed by atoms with van der Waals surface area (Å²) in [7, 11) is 1.61. The lowest BCUT2D eigenvalue weighted by atomic mass is 9.91. The number of ketones is 1. The first kappa shape index (κ1) is 15.3. The molecule has 0 heterocycles. The highest BCUT2D eigenvalue weighted by Crippen LogP contribution is 2.33. The molecule has 0 bridgehead atoms. The molecule has 0 aliphatic heterocycles. The predicted octanol–water partition coefficient (Wildman–Crippen LogP) is 2.70. The molecule has 2 aromatic carbocycles. The highest BCUT2D eigenvalue weighted by atomic mass is 16.5. The number of hydrogen-bond donors (Lipinski definition) is 1. The molecule has 0 spiro atoms.